The third-order valence-corrected chi connectivity index (χ3v) is 4.51. The number of hydrogen-bond acceptors (Lipinski definition) is 2. The summed E-state index contributed by atoms with van der Waals surface area (Å²) < 4.78 is 0. The van der Waals surface area contributed by atoms with Gasteiger partial charge in [-0.2, -0.15) is 0 Å². The maximum atomic E-state index is 12.1. The van der Waals surface area contributed by atoms with Crippen LogP contribution in [0.4, 0.5) is 0 Å². The quantitative estimate of drug-likeness (QED) is 0.745. The van der Waals surface area contributed by atoms with Gasteiger partial charge in [0.25, 0.3) is 0 Å². The van der Waals surface area contributed by atoms with Gasteiger partial charge >= 0.3 is 0 Å². The Morgan fingerprint density at radius 3 is 2.37 bits per heavy atom. The van der Waals surface area contributed by atoms with Gasteiger partial charge in [0.05, 0.1) is 0 Å². The molecule has 1 saturated carbocycles. The molecule has 3 nitrogen and oxygen atoms in total. The SMILES string of the molecule is CCC1CCC(NC(=O)C(C)CCCC(C)N)CC1. The fourth-order valence-electron chi connectivity index (χ4n) is 2.94. The maximum Gasteiger partial charge on any atom is 0.223 e. The molecule has 1 rings (SSSR count). The summed E-state index contributed by atoms with van der Waals surface area (Å²) in [5.74, 6) is 1.25. The Hall–Kier alpha value is -0.570. The van der Waals surface area contributed by atoms with Crippen LogP contribution in [-0.2, 0) is 4.79 Å². The van der Waals surface area contributed by atoms with Crippen LogP contribution in [-0.4, -0.2) is 18.0 Å². The third-order valence-electron chi connectivity index (χ3n) is 4.51. The van der Waals surface area contributed by atoms with Gasteiger partial charge in [0.15, 0.2) is 0 Å². The van der Waals surface area contributed by atoms with Crippen molar-refractivity contribution in [3.63, 3.8) is 0 Å². The summed E-state index contributed by atoms with van der Waals surface area (Å²) in [6, 6.07) is 0.672. The van der Waals surface area contributed by atoms with Gasteiger partial charge in [-0.25, -0.2) is 0 Å². The van der Waals surface area contributed by atoms with Crippen LogP contribution in [0.1, 0.15) is 72.1 Å². The summed E-state index contributed by atoms with van der Waals surface area (Å²) >= 11 is 0. The zero-order valence-corrected chi connectivity index (χ0v) is 13.0. The number of rotatable bonds is 7. The number of nitrogens with two attached hydrogens (primary N) is 1. The molecule has 19 heavy (non-hydrogen) atoms. The molecule has 3 heteroatoms. The van der Waals surface area contributed by atoms with E-state index in [0.717, 1.165) is 38.0 Å². The summed E-state index contributed by atoms with van der Waals surface area (Å²) in [6.07, 6.45) is 9.19. The van der Waals surface area contributed by atoms with E-state index < -0.39 is 0 Å². The first kappa shape index (κ1) is 16.5. The number of amides is 1. The molecule has 0 saturated heterocycles. The van der Waals surface area contributed by atoms with Crippen molar-refractivity contribution < 1.29 is 4.79 Å². The van der Waals surface area contributed by atoms with Crippen LogP contribution in [0.15, 0.2) is 0 Å². The lowest BCUT2D eigenvalue weighted by Crippen LogP contribution is -2.40. The Morgan fingerprint density at radius 1 is 1.21 bits per heavy atom. The highest BCUT2D eigenvalue weighted by Crippen LogP contribution is 2.26. The van der Waals surface area contributed by atoms with Crippen molar-refractivity contribution in [2.45, 2.75) is 84.2 Å². The van der Waals surface area contributed by atoms with E-state index in [2.05, 4.69) is 12.2 Å². The first-order valence-corrected chi connectivity index (χ1v) is 8.08. The minimum atomic E-state index is 0.127. The average molecular weight is 268 g/mol. The van der Waals surface area contributed by atoms with Crippen molar-refractivity contribution in [1.29, 1.82) is 0 Å². The van der Waals surface area contributed by atoms with Gasteiger partial charge in [0.2, 0.25) is 5.91 Å². The Balaban J connectivity index is 2.19. The molecule has 0 aromatic rings. The van der Waals surface area contributed by atoms with Gasteiger partial charge in [-0.15, -0.1) is 0 Å². The summed E-state index contributed by atoms with van der Waals surface area (Å²) in [4.78, 5) is 12.1. The summed E-state index contributed by atoms with van der Waals surface area (Å²) in [5.41, 5.74) is 5.73. The lowest BCUT2D eigenvalue weighted by Gasteiger charge is -2.29. The van der Waals surface area contributed by atoms with Gasteiger partial charge in [-0.3, -0.25) is 4.79 Å². The van der Waals surface area contributed by atoms with E-state index in [9.17, 15) is 4.79 Å². The largest absolute Gasteiger partial charge is 0.353 e. The van der Waals surface area contributed by atoms with Crippen molar-refractivity contribution >= 4 is 5.91 Å². The molecule has 0 radical (unpaired) electrons. The number of hydrogen-bond donors (Lipinski definition) is 2. The van der Waals surface area contributed by atoms with E-state index in [0.29, 0.717) is 6.04 Å². The molecular formula is C16H32N2O. The van der Waals surface area contributed by atoms with Crippen LogP contribution in [0.25, 0.3) is 0 Å². The summed E-state index contributed by atoms with van der Waals surface area (Å²) in [6.45, 7) is 6.33. The van der Waals surface area contributed by atoms with Crippen molar-refractivity contribution in [2.24, 2.45) is 17.6 Å². The lowest BCUT2D eigenvalue weighted by atomic mass is 9.84. The minimum absolute atomic E-state index is 0.127. The van der Waals surface area contributed by atoms with E-state index in [4.69, 9.17) is 5.73 Å². The topological polar surface area (TPSA) is 55.1 Å². The van der Waals surface area contributed by atoms with Gasteiger partial charge < -0.3 is 11.1 Å². The molecule has 0 spiro atoms. The minimum Gasteiger partial charge on any atom is -0.353 e. The molecule has 2 atom stereocenters. The molecule has 1 aliphatic carbocycles. The molecule has 0 bridgehead atoms. The molecule has 0 aliphatic heterocycles. The van der Waals surface area contributed by atoms with E-state index in [-0.39, 0.29) is 17.9 Å². The Bertz CT molecular complexity index is 257. The van der Waals surface area contributed by atoms with Crippen LogP contribution in [0, 0.1) is 11.8 Å². The number of carbonyl (C=O) groups is 1. The smallest absolute Gasteiger partial charge is 0.223 e. The summed E-state index contributed by atoms with van der Waals surface area (Å²) in [7, 11) is 0. The fraction of sp³-hybridized carbons (Fsp3) is 0.938. The molecule has 0 aromatic heterocycles. The molecule has 0 aromatic carbocycles. The van der Waals surface area contributed by atoms with Crippen LogP contribution < -0.4 is 11.1 Å². The predicted octanol–water partition coefficient (Wildman–Crippen LogP) is 3.23. The molecule has 112 valence electrons. The monoisotopic (exact) mass is 268 g/mol. The Kier molecular flexibility index (Phi) is 7.44. The first-order valence-electron chi connectivity index (χ1n) is 8.08. The number of carbonyl (C=O) groups excluding carboxylic acids is 1. The fourth-order valence-corrected chi connectivity index (χ4v) is 2.94. The third kappa shape index (κ3) is 6.42. The summed E-state index contributed by atoms with van der Waals surface area (Å²) in [5, 5.41) is 3.23. The molecule has 2 unspecified atom stereocenters. The van der Waals surface area contributed by atoms with E-state index in [1.165, 1.54) is 19.3 Å². The highest BCUT2D eigenvalue weighted by atomic mass is 16.1. The second kappa shape index (κ2) is 8.57. The first-order chi connectivity index (χ1) is 9.02. The van der Waals surface area contributed by atoms with Gasteiger partial charge in [-0.05, 0) is 51.4 Å². The van der Waals surface area contributed by atoms with E-state index in [1.807, 2.05) is 13.8 Å². The van der Waals surface area contributed by atoms with Crippen LogP contribution in [0.5, 0.6) is 0 Å². The molecule has 1 fully saturated rings. The maximum absolute atomic E-state index is 12.1. The number of nitrogens with one attached hydrogen (secondary N) is 1. The van der Waals surface area contributed by atoms with Crippen molar-refractivity contribution in [3.05, 3.63) is 0 Å². The normalized spacial score (nSPS) is 26.7. The standard InChI is InChI=1S/C16H32N2O/c1-4-14-8-10-15(11-9-14)18-16(19)12(2)6-5-7-13(3)17/h12-15H,4-11,17H2,1-3H3,(H,18,19). The Morgan fingerprint density at radius 2 is 1.84 bits per heavy atom. The second-order valence-corrected chi connectivity index (χ2v) is 6.44. The van der Waals surface area contributed by atoms with Crippen molar-refractivity contribution in [2.75, 3.05) is 0 Å². The van der Waals surface area contributed by atoms with Crippen molar-refractivity contribution in [3.8, 4) is 0 Å². The second-order valence-electron chi connectivity index (χ2n) is 6.44. The molecular weight excluding hydrogens is 236 g/mol. The van der Waals surface area contributed by atoms with Crippen LogP contribution in [0.3, 0.4) is 0 Å². The molecule has 0 heterocycles. The molecule has 1 aliphatic rings. The Labute approximate surface area is 118 Å². The lowest BCUT2D eigenvalue weighted by molar-refractivity contribution is -0.125. The zero-order chi connectivity index (χ0) is 14.3. The van der Waals surface area contributed by atoms with E-state index in [1.54, 1.807) is 0 Å². The molecule has 1 amide bonds. The van der Waals surface area contributed by atoms with Crippen LogP contribution in [0.2, 0.25) is 0 Å². The van der Waals surface area contributed by atoms with Crippen LogP contribution >= 0.6 is 0 Å². The predicted molar refractivity (Wildman–Crippen MR) is 80.8 cm³/mol. The zero-order valence-electron chi connectivity index (χ0n) is 13.0. The highest BCUT2D eigenvalue weighted by Gasteiger charge is 2.23. The van der Waals surface area contributed by atoms with E-state index >= 15 is 0 Å². The van der Waals surface area contributed by atoms with Gasteiger partial charge in [-0.1, -0.05) is 26.7 Å². The average Bonchev–Trinajstić information content (AvgIpc) is 2.39. The van der Waals surface area contributed by atoms with Gasteiger partial charge in [0.1, 0.15) is 0 Å². The highest BCUT2D eigenvalue weighted by molar-refractivity contribution is 5.78. The van der Waals surface area contributed by atoms with Gasteiger partial charge in [0, 0.05) is 18.0 Å². The van der Waals surface area contributed by atoms with Crippen molar-refractivity contribution in [1.82, 2.24) is 5.32 Å². The molecule has 3 N–H and O–H groups in total.